The van der Waals surface area contributed by atoms with Crippen molar-refractivity contribution in [2.24, 2.45) is 5.73 Å². The van der Waals surface area contributed by atoms with Gasteiger partial charge in [0.1, 0.15) is 34.9 Å². The van der Waals surface area contributed by atoms with Crippen LogP contribution in [-0.2, 0) is 14.3 Å². The summed E-state index contributed by atoms with van der Waals surface area (Å²) in [6.45, 7) is 3.81. The Morgan fingerprint density at radius 3 is 2.41 bits per heavy atom. The second-order valence-corrected chi connectivity index (χ2v) is 10.0. The monoisotopic (exact) mass is 510 g/mol. The molecule has 3 aromatic rings. The van der Waals surface area contributed by atoms with Crippen LogP contribution < -0.4 is 10.5 Å². The highest BCUT2D eigenvalue weighted by Crippen LogP contribution is 2.37. The fourth-order valence-electron chi connectivity index (χ4n) is 4.43. The molecule has 37 heavy (non-hydrogen) atoms. The fraction of sp³-hybridized carbons (Fsp3) is 0.407. The van der Waals surface area contributed by atoms with Crippen LogP contribution in [0.2, 0.25) is 0 Å². The first-order valence-electron chi connectivity index (χ1n) is 12.3. The first-order valence-corrected chi connectivity index (χ1v) is 12.3. The highest BCUT2D eigenvalue weighted by atomic mass is 19.1. The van der Waals surface area contributed by atoms with Crippen LogP contribution in [0.4, 0.5) is 9.18 Å². The predicted octanol–water partition coefficient (Wildman–Crippen LogP) is 4.59. The number of benzene rings is 2. The van der Waals surface area contributed by atoms with Gasteiger partial charge in [0.2, 0.25) is 5.91 Å². The largest absolute Gasteiger partial charge is 0.443 e. The quantitative estimate of drug-likeness (QED) is 0.381. The Balaban J connectivity index is 1.52. The smallest absolute Gasteiger partial charge is 0.417 e. The fourth-order valence-corrected chi connectivity index (χ4v) is 4.43. The summed E-state index contributed by atoms with van der Waals surface area (Å²) in [4.78, 5) is 37.6. The SMILES string of the molecule is CC(C)(C)OC(=O)N(CC(=O)Oc1ccc(-c2nn(C3CCCC3)c3c(F)cccc23)cc1)C(=O)CN. The van der Waals surface area contributed by atoms with Gasteiger partial charge in [-0.15, -0.1) is 0 Å². The van der Waals surface area contributed by atoms with Crippen molar-refractivity contribution in [1.82, 2.24) is 14.7 Å². The van der Waals surface area contributed by atoms with Crippen molar-refractivity contribution >= 4 is 28.9 Å². The van der Waals surface area contributed by atoms with Gasteiger partial charge in [-0.05, 0) is 63.9 Å². The molecule has 9 nitrogen and oxygen atoms in total. The molecule has 196 valence electrons. The number of hydrogen-bond acceptors (Lipinski definition) is 7. The normalized spacial score (nSPS) is 14.1. The molecular formula is C27H31FN4O5. The van der Waals surface area contributed by atoms with Crippen LogP contribution >= 0.6 is 0 Å². The summed E-state index contributed by atoms with van der Waals surface area (Å²) < 4.78 is 27.1. The van der Waals surface area contributed by atoms with E-state index in [2.05, 4.69) is 0 Å². The third-order valence-electron chi connectivity index (χ3n) is 6.09. The van der Waals surface area contributed by atoms with Crippen LogP contribution in [0.3, 0.4) is 0 Å². The molecule has 1 heterocycles. The van der Waals surface area contributed by atoms with Gasteiger partial charge in [0, 0.05) is 10.9 Å². The van der Waals surface area contributed by atoms with E-state index in [1.54, 1.807) is 55.8 Å². The number of carbonyl (C=O) groups is 3. The van der Waals surface area contributed by atoms with Crippen LogP contribution in [0.15, 0.2) is 42.5 Å². The minimum absolute atomic E-state index is 0.164. The average molecular weight is 511 g/mol. The number of para-hydroxylation sites is 1. The van der Waals surface area contributed by atoms with E-state index in [-0.39, 0.29) is 17.6 Å². The van der Waals surface area contributed by atoms with Crippen molar-refractivity contribution in [3.8, 4) is 17.0 Å². The van der Waals surface area contributed by atoms with Gasteiger partial charge in [0.25, 0.3) is 0 Å². The van der Waals surface area contributed by atoms with Crippen molar-refractivity contribution in [1.29, 1.82) is 0 Å². The molecule has 2 N–H and O–H groups in total. The number of fused-ring (bicyclic) bond motifs is 1. The van der Waals surface area contributed by atoms with E-state index in [0.717, 1.165) is 31.2 Å². The molecule has 0 bridgehead atoms. The van der Waals surface area contributed by atoms with Crippen LogP contribution in [0.1, 0.15) is 52.5 Å². The standard InChI is InChI=1S/C27H31FN4O5/c1-27(2,3)37-26(35)31(22(33)15-29)16-23(34)36-19-13-11-17(12-14-19)24-20-9-6-10-21(28)25(20)32(30-24)18-7-4-5-8-18/h6,9-14,18H,4-5,7-8,15-16,29H2,1-3H3. The maximum Gasteiger partial charge on any atom is 0.417 e. The predicted molar refractivity (Wildman–Crippen MR) is 135 cm³/mol. The number of aromatic nitrogens is 2. The molecule has 0 spiro atoms. The van der Waals surface area contributed by atoms with Crippen molar-refractivity contribution in [2.75, 3.05) is 13.1 Å². The van der Waals surface area contributed by atoms with Gasteiger partial charge < -0.3 is 15.2 Å². The second-order valence-electron chi connectivity index (χ2n) is 10.0. The molecule has 1 aliphatic rings. The summed E-state index contributed by atoms with van der Waals surface area (Å²) >= 11 is 0. The average Bonchev–Trinajstić information content (AvgIpc) is 3.50. The van der Waals surface area contributed by atoms with E-state index >= 15 is 0 Å². The topological polar surface area (TPSA) is 117 Å². The van der Waals surface area contributed by atoms with Gasteiger partial charge in [-0.25, -0.2) is 18.9 Å². The molecule has 1 aliphatic carbocycles. The van der Waals surface area contributed by atoms with Gasteiger partial charge in [-0.2, -0.15) is 5.10 Å². The van der Waals surface area contributed by atoms with Crippen LogP contribution in [-0.4, -0.2) is 51.3 Å². The molecule has 0 aliphatic heterocycles. The number of nitrogens with zero attached hydrogens (tertiary/aromatic N) is 3. The lowest BCUT2D eigenvalue weighted by molar-refractivity contribution is -0.141. The van der Waals surface area contributed by atoms with E-state index < -0.39 is 36.7 Å². The second kappa shape index (κ2) is 10.7. The zero-order valence-electron chi connectivity index (χ0n) is 21.2. The van der Waals surface area contributed by atoms with E-state index in [4.69, 9.17) is 20.3 Å². The molecule has 0 saturated heterocycles. The van der Waals surface area contributed by atoms with Gasteiger partial charge >= 0.3 is 12.1 Å². The zero-order chi connectivity index (χ0) is 26.7. The molecule has 1 aromatic heterocycles. The summed E-state index contributed by atoms with van der Waals surface area (Å²) in [5, 5.41) is 5.48. The summed E-state index contributed by atoms with van der Waals surface area (Å²) in [7, 11) is 0. The first-order chi connectivity index (χ1) is 17.6. The maximum atomic E-state index is 14.8. The molecule has 0 radical (unpaired) electrons. The number of nitrogens with two attached hydrogens (primary N) is 1. The molecule has 4 rings (SSSR count). The van der Waals surface area contributed by atoms with Crippen molar-refractivity contribution in [3.63, 3.8) is 0 Å². The number of halogens is 1. The lowest BCUT2D eigenvalue weighted by Crippen LogP contribution is -2.46. The summed E-state index contributed by atoms with van der Waals surface area (Å²) in [6.07, 6.45) is 3.14. The highest BCUT2D eigenvalue weighted by molar-refractivity contribution is 5.97. The van der Waals surface area contributed by atoms with Crippen molar-refractivity contribution in [2.45, 2.75) is 58.1 Å². The summed E-state index contributed by atoms with van der Waals surface area (Å²) in [5.74, 6) is -1.70. The molecule has 10 heteroatoms. The van der Waals surface area contributed by atoms with E-state index in [0.29, 0.717) is 21.5 Å². The number of imide groups is 1. The number of amides is 2. The molecular weight excluding hydrogens is 479 g/mol. The summed E-state index contributed by atoms with van der Waals surface area (Å²) in [6, 6.07) is 11.7. The zero-order valence-corrected chi connectivity index (χ0v) is 21.2. The summed E-state index contributed by atoms with van der Waals surface area (Å²) in [5.41, 5.74) is 6.40. The number of rotatable bonds is 6. The number of carbonyl (C=O) groups excluding carboxylic acids is 3. The minimum atomic E-state index is -0.979. The van der Waals surface area contributed by atoms with E-state index in [1.807, 2.05) is 6.07 Å². The number of ether oxygens (including phenoxy) is 2. The Bertz CT molecular complexity index is 1310. The Hall–Kier alpha value is -3.79. The maximum absolute atomic E-state index is 14.8. The van der Waals surface area contributed by atoms with Gasteiger partial charge in [-0.1, -0.05) is 25.0 Å². The Labute approximate surface area is 214 Å². The Morgan fingerprint density at radius 2 is 1.78 bits per heavy atom. The Morgan fingerprint density at radius 1 is 1.11 bits per heavy atom. The van der Waals surface area contributed by atoms with Gasteiger partial charge in [0.05, 0.1) is 12.6 Å². The Kier molecular flexibility index (Phi) is 7.58. The van der Waals surface area contributed by atoms with E-state index in [1.165, 1.54) is 6.07 Å². The molecule has 0 unspecified atom stereocenters. The van der Waals surface area contributed by atoms with Crippen LogP contribution in [0.5, 0.6) is 5.75 Å². The molecule has 0 atom stereocenters. The number of hydrogen-bond donors (Lipinski definition) is 1. The molecule has 2 amide bonds. The van der Waals surface area contributed by atoms with Crippen molar-refractivity contribution < 1.29 is 28.2 Å². The lowest BCUT2D eigenvalue weighted by atomic mass is 10.1. The van der Waals surface area contributed by atoms with Crippen LogP contribution in [0.25, 0.3) is 22.2 Å². The van der Waals surface area contributed by atoms with Gasteiger partial charge in [0.15, 0.2) is 0 Å². The molecule has 1 saturated carbocycles. The van der Waals surface area contributed by atoms with E-state index in [9.17, 15) is 18.8 Å². The highest BCUT2D eigenvalue weighted by Gasteiger charge is 2.29. The van der Waals surface area contributed by atoms with Crippen LogP contribution in [0, 0.1) is 5.82 Å². The third-order valence-corrected chi connectivity index (χ3v) is 6.09. The van der Waals surface area contributed by atoms with Crippen molar-refractivity contribution in [3.05, 3.63) is 48.3 Å². The molecule has 1 fully saturated rings. The lowest BCUT2D eigenvalue weighted by Gasteiger charge is -2.25. The first kappa shape index (κ1) is 26.3. The molecule has 2 aromatic carbocycles. The van der Waals surface area contributed by atoms with Gasteiger partial charge in [-0.3, -0.25) is 9.48 Å². The third kappa shape index (κ3) is 5.96. The number of esters is 1. The minimum Gasteiger partial charge on any atom is -0.443 e.